The summed E-state index contributed by atoms with van der Waals surface area (Å²) >= 11 is 0. The average molecular weight is 862 g/mol. The van der Waals surface area contributed by atoms with Gasteiger partial charge in [-0.1, -0.05) is 158 Å². The number of carbonyl (C=O) groups is 2. The first kappa shape index (κ1) is 49.8. The van der Waals surface area contributed by atoms with Crippen LogP contribution in [0.1, 0.15) is 110 Å². The van der Waals surface area contributed by atoms with Crippen molar-refractivity contribution in [3.8, 4) is 0 Å². The third-order valence-corrected chi connectivity index (χ3v) is 22.7. The molecule has 1 radical (unpaired) electrons. The fourth-order valence-electron chi connectivity index (χ4n) is 8.08. The van der Waals surface area contributed by atoms with Crippen molar-refractivity contribution in [2.24, 2.45) is 0 Å². The molecule has 1 N–H and O–H groups in total. The predicted molar refractivity (Wildman–Crippen MR) is 250 cm³/mol. The maximum Gasteiger partial charge on any atom is 0.410 e. The van der Waals surface area contributed by atoms with E-state index in [1.165, 1.54) is 38.5 Å². The first-order valence-corrected chi connectivity index (χ1v) is 28.4. The minimum absolute atomic E-state index is 0.0108. The van der Waals surface area contributed by atoms with E-state index >= 15 is 0 Å². The minimum atomic E-state index is -1.90. The van der Waals surface area contributed by atoms with Crippen molar-refractivity contribution in [2.45, 2.75) is 185 Å². The first-order chi connectivity index (χ1) is 28.2. The van der Waals surface area contributed by atoms with Crippen molar-refractivity contribution >= 4 is 36.1 Å². The molecular formula is C48H78BN2O7Si2. The summed E-state index contributed by atoms with van der Waals surface area (Å²) in [6, 6.07) is 19.3. The second-order valence-corrected chi connectivity index (χ2v) is 29.9. The molecule has 333 valence electrons. The lowest BCUT2D eigenvalue weighted by atomic mass is 9.44. The van der Waals surface area contributed by atoms with Crippen LogP contribution >= 0.6 is 0 Å². The highest BCUT2D eigenvalue weighted by molar-refractivity contribution is 6.74. The second kappa shape index (κ2) is 22.4. The van der Waals surface area contributed by atoms with Gasteiger partial charge in [0.1, 0.15) is 20.5 Å². The zero-order valence-electron chi connectivity index (χ0n) is 38.8. The number of carbonyl (C=O) groups excluding carboxylic acids is 2. The number of aliphatic hydroxyl groups excluding tert-OH is 1. The Morgan fingerprint density at radius 2 is 1.13 bits per heavy atom. The van der Waals surface area contributed by atoms with Gasteiger partial charge in [0.15, 0.2) is 16.6 Å². The zero-order chi connectivity index (χ0) is 44.1. The standard InChI is InChI=1S/C20H33NO4Si.C20H31NO3Si.C8H14B/c1-20(2,3)26(4,5)25-18-13-17(11-12-22)21(14-18)19(23)24-15-16-9-7-6-8-10-16;1-7-17-13-18(24-25(5,6)20(2,3)4)14-21(17)19(22)23-15-16-11-9-8-10-12-16;1-3-7-5-2-6-8(4-1)9-7/h6-10,17-18,22H,11-15H2,1-5H3;7-12,17-18H,1,13-15H2,2-6H3;7-8H,1-6H2/t2*17-,18+;/m00./s1. The maximum atomic E-state index is 12.6. The fourth-order valence-corrected chi connectivity index (χ4v) is 10.8. The van der Waals surface area contributed by atoms with Crippen molar-refractivity contribution in [3.63, 3.8) is 0 Å². The van der Waals surface area contributed by atoms with Gasteiger partial charge in [-0.3, -0.25) is 4.90 Å². The number of benzene rings is 2. The van der Waals surface area contributed by atoms with E-state index in [1.807, 2.05) is 66.7 Å². The molecule has 6 rings (SSSR count). The Hall–Kier alpha value is -2.90. The third kappa shape index (κ3) is 14.9. The number of amides is 2. The van der Waals surface area contributed by atoms with Gasteiger partial charge in [0.25, 0.3) is 0 Å². The van der Waals surface area contributed by atoms with Crippen LogP contribution in [0.25, 0.3) is 0 Å². The van der Waals surface area contributed by atoms with Gasteiger partial charge >= 0.3 is 12.2 Å². The van der Waals surface area contributed by atoms with Gasteiger partial charge in [-0.25, -0.2) is 9.59 Å². The Kier molecular flexibility index (Phi) is 18.6. The summed E-state index contributed by atoms with van der Waals surface area (Å²) in [6.07, 6.45) is 12.4. The van der Waals surface area contributed by atoms with Crippen molar-refractivity contribution in [2.75, 3.05) is 19.7 Å². The SMILES string of the molecule is C=C[C@H]1C[C@@H](O[Si](C)(C)C(C)(C)C)CN1C(=O)OCc1ccccc1.CC(C)(C)[Si](C)(C)O[C@@H]1C[C@H](CCO)N(C(=O)OCc2ccccc2)C1.[B]1C2CCCC1CCC2. The van der Waals surface area contributed by atoms with Crippen LogP contribution < -0.4 is 0 Å². The highest BCUT2D eigenvalue weighted by atomic mass is 28.4. The van der Waals surface area contributed by atoms with E-state index in [0.29, 0.717) is 19.5 Å². The molecule has 2 aromatic carbocycles. The summed E-state index contributed by atoms with van der Waals surface area (Å²) in [7, 11) is -1.14. The summed E-state index contributed by atoms with van der Waals surface area (Å²) in [5.41, 5.74) is 1.95. The molecule has 12 heteroatoms. The van der Waals surface area contributed by atoms with E-state index in [2.05, 4.69) is 81.6 Å². The number of hydrogen-bond acceptors (Lipinski definition) is 7. The number of nitrogens with zero attached hydrogens (tertiary/aromatic N) is 2. The lowest BCUT2D eigenvalue weighted by Gasteiger charge is -2.38. The summed E-state index contributed by atoms with van der Waals surface area (Å²) in [5, 5.41) is 9.65. The number of ether oxygens (including phenoxy) is 2. The maximum absolute atomic E-state index is 12.6. The van der Waals surface area contributed by atoms with Crippen LogP contribution in [0.2, 0.25) is 47.9 Å². The summed E-state index contributed by atoms with van der Waals surface area (Å²) < 4.78 is 24.0. The Balaban J connectivity index is 0.000000218. The molecule has 0 aromatic heterocycles. The molecule has 0 unspecified atom stereocenters. The number of aliphatic hydroxyl groups is 1. The van der Waals surface area contributed by atoms with Gasteiger partial charge in [0.05, 0.1) is 18.2 Å². The van der Waals surface area contributed by atoms with Crippen LogP contribution in [0.4, 0.5) is 9.59 Å². The van der Waals surface area contributed by atoms with Gasteiger partial charge in [-0.2, -0.15) is 0 Å². The van der Waals surface area contributed by atoms with Crippen LogP contribution in [-0.4, -0.2) is 95.0 Å². The number of fused-ring (bicyclic) bond motifs is 2. The van der Waals surface area contributed by atoms with E-state index < -0.39 is 16.6 Å². The lowest BCUT2D eigenvalue weighted by molar-refractivity contribution is 0.0843. The topological polar surface area (TPSA) is 97.8 Å². The molecule has 60 heavy (non-hydrogen) atoms. The molecule has 0 saturated carbocycles. The van der Waals surface area contributed by atoms with Crippen LogP contribution in [-0.2, 0) is 31.5 Å². The average Bonchev–Trinajstić information content (AvgIpc) is 3.79. The van der Waals surface area contributed by atoms with Gasteiger partial charge in [0.2, 0.25) is 0 Å². The smallest absolute Gasteiger partial charge is 0.410 e. The molecule has 9 nitrogen and oxygen atoms in total. The predicted octanol–water partition coefficient (Wildman–Crippen LogP) is 11.8. The van der Waals surface area contributed by atoms with Gasteiger partial charge in [-0.05, 0) is 66.7 Å². The van der Waals surface area contributed by atoms with E-state index in [0.717, 1.165) is 35.6 Å². The number of likely N-dealkylation sites (tertiary alicyclic amines) is 2. The number of hydrogen-bond donors (Lipinski definition) is 1. The monoisotopic (exact) mass is 862 g/mol. The molecule has 2 bridgehead atoms. The highest BCUT2D eigenvalue weighted by Gasteiger charge is 2.45. The normalized spacial score (nSPS) is 24.2. The van der Waals surface area contributed by atoms with Crippen LogP contribution in [0.5, 0.6) is 0 Å². The summed E-state index contributed by atoms with van der Waals surface area (Å²) in [6.45, 7) is 27.8. The van der Waals surface area contributed by atoms with Crippen molar-refractivity contribution in [1.82, 2.24) is 9.80 Å². The number of rotatable bonds is 11. The molecule has 0 aliphatic carbocycles. The van der Waals surface area contributed by atoms with E-state index in [1.54, 1.807) is 9.80 Å². The van der Waals surface area contributed by atoms with E-state index in [9.17, 15) is 14.7 Å². The summed E-state index contributed by atoms with van der Waals surface area (Å²) in [5.74, 6) is 2.05. The Morgan fingerprint density at radius 3 is 1.53 bits per heavy atom. The Labute approximate surface area is 366 Å². The van der Waals surface area contributed by atoms with Crippen molar-refractivity contribution in [1.29, 1.82) is 0 Å². The minimum Gasteiger partial charge on any atom is -0.445 e. The largest absolute Gasteiger partial charge is 0.445 e. The highest BCUT2D eigenvalue weighted by Crippen LogP contribution is 2.42. The van der Waals surface area contributed by atoms with Crippen molar-refractivity contribution < 1.29 is 33.0 Å². The van der Waals surface area contributed by atoms with E-state index in [-0.39, 0.29) is 66.4 Å². The third-order valence-electron chi connectivity index (χ3n) is 13.7. The second-order valence-electron chi connectivity index (χ2n) is 20.4. The molecule has 4 fully saturated rings. The Morgan fingerprint density at radius 1 is 0.717 bits per heavy atom. The van der Waals surface area contributed by atoms with E-state index in [4.69, 9.17) is 18.3 Å². The molecule has 4 aliphatic heterocycles. The van der Waals surface area contributed by atoms with Crippen molar-refractivity contribution in [3.05, 3.63) is 84.4 Å². The van der Waals surface area contributed by atoms with Crippen LogP contribution in [0.3, 0.4) is 0 Å². The molecule has 2 aromatic rings. The molecule has 2 amide bonds. The quantitative estimate of drug-likeness (QED) is 0.177. The molecule has 4 atom stereocenters. The Bertz CT molecular complexity index is 1600. The molecule has 4 aliphatic rings. The lowest BCUT2D eigenvalue weighted by Crippen LogP contribution is -2.44. The molecule has 4 saturated heterocycles. The molecule has 0 spiro atoms. The van der Waals surface area contributed by atoms with Crippen LogP contribution in [0, 0.1) is 0 Å². The molecule has 4 heterocycles. The van der Waals surface area contributed by atoms with Gasteiger partial charge in [0, 0.05) is 25.7 Å². The summed E-state index contributed by atoms with van der Waals surface area (Å²) in [4.78, 5) is 28.6. The van der Waals surface area contributed by atoms with Gasteiger partial charge in [-0.15, -0.1) is 6.58 Å². The van der Waals surface area contributed by atoms with Crippen LogP contribution in [0.15, 0.2) is 73.3 Å². The van der Waals surface area contributed by atoms with Gasteiger partial charge < -0.3 is 28.3 Å². The zero-order valence-corrected chi connectivity index (χ0v) is 40.8. The fraction of sp³-hybridized carbons (Fsp3) is 0.667. The molecular weight excluding hydrogens is 784 g/mol. The first-order valence-electron chi connectivity index (χ1n) is 22.6.